The molecule has 0 heterocycles. The van der Waals surface area contributed by atoms with Crippen LogP contribution in [0.2, 0.25) is 5.02 Å². The first-order valence-electron chi connectivity index (χ1n) is 7.23. The molecule has 3 aromatic carbocycles. The second kappa shape index (κ2) is 6.32. The Kier molecular flexibility index (Phi) is 4.39. The monoisotopic (exact) mass is 345 g/mol. The highest BCUT2D eigenvalue weighted by Gasteiger charge is 2.20. The Labute approximate surface area is 141 Å². The van der Waals surface area contributed by atoms with Crippen LogP contribution in [0.4, 0.5) is 0 Å². The number of fused-ring (bicyclic) bond motifs is 1. The highest BCUT2D eigenvalue weighted by atomic mass is 35.5. The van der Waals surface area contributed by atoms with E-state index in [0.29, 0.717) is 10.4 Å². The van der Waals surface area contributed by atoms with Crippen molar-refractivity contribution < 1.29 is 8.42 Å². The quantitative estimate of drug-likeness (QED) is 0.755. The largest absolute Gasteiger partial charge is 0.241 e. The lowest BCUT2D eigenvalue weighted by molar-refractivity contribution is 0.568. The SMILES string of the molecule is CC(NS(=O)(=O)c1cccc2ccccc12)c1ccc(Cl)cc1. The van der Waals surface area contributed by atoms with Gasteiger partial charge in [0.1, 0.15) is 0 Å². The molecular weight excluding hydrogens is 330 g/mol. The van der Waals surface area contributed by atoms with Crippen molar-refractivity contribution in [2.45, 2.75) is 17.9 Å². The summed E-state index contributed by atoms with van der Waals surface area (Å²) in [6.07, 6.45) is 0. The van der Waals surface area contributed by atoms with E-state index in [0.717, 1.165) is 10.9 Å². The van der Waals surface area contributed by atoms with E-state index >= 15 is 0 Å². The molecule has 0 bridgehead atoms. The molecule has 0 amide bonds. The van der Waals surface area contributed by atoms with Crippen molar-refractivity contribution in [1.29, 1.82) is 0 Å². The minimum atomic E-state index is -3.63. The average Bonchev–Trinajstić information content (AvgIpc) is 2.54. The third-order valence-corrected chi connectivity index (χ3v) is 5.59. The summed E-state index contributed by atoms with van der Waals surface area (Å²) < 4.78 is 28.2. The average molecular weight is 346 g/mol. The third kappa shape index (κ3) is 3.39. The Bertz CT molecular complexity index is 931. The van der Waals surface area contributed by atoms with Crippen molar-refractivity contribution in [2.24, 2.45) is 0 Å². The van der Waals surface area contributed by atoms with E-state index < -0.39 is 10.0 Å². The lowest BCUT2D eigenvalue weighted by Crippen LogP contribution is -2.27. The first kappa shape index (κ1) is 16.0. The van der Waals surface area contributed by atoms with Gasteiger partial charge in [0, 0.05) is 16.5 Å². The van der Waals surface area contributed by atoms with E-state index in [1.54, 1.807) is 24.3 Å². The van der Waals surface area contributed by atoms with Crippen LogP contribution in [0.1, 0.15) is 18.5 Å². The molecule has 3 nitrogen and oxygen atoms in total. The molecule has 0 aliphatic heterocycles. The zero-order valence-electron chi connectivity index (χ0n) is 12.5. The molecule has 0 aliphatic rings. The van der Waals surface area contributed by atoms with Gasteiger partial charge in [0.15, 0.2) is 0 Å². The van der Waals surface area contributed by atoms with Gasteiger partial charge in [-0.25, -0.2) is 13.1 Å². The summed E-state index contributed by atoms with van der Waals surface area (Å²) in [5.41, 5.74) is 0.859. The van der Waals surface area contributed by atoms with Gasteiger partial charge >= 0.3 is 0 Å². The summed E-state index contributed by atoms with van der Waals surface area (Å²) in [7, 11) is -3.63. The van der Waals surface area contributed by atoms with Gasteiger partial charge in [0.2, 0.25) is 10.0 Å². The zero-order chi connectivity index (χ0) is 16.4. The van der Waals surface area contributed by atoms with Gasteiger partial charge in [-0.15, -0.1) is 0 Å². The highest BCUT2D eigenvalue weighted by molar-refractivity contribution is 7.89. The molecule has 0 aliphatic carbocycles. The second-order valence-electron chi connectivity index (χ2n) is 5.37. The van der Waals surface area contributed by atoms with Crippen LogP contribution in [-0.2, 0) is 10.0 Å². The normalized spacial score (nSPS) is 13.1. The van der Waals surface area contributed by atoms with Crippen molar-refractivity contribution in [3.8, 4) is 0 Å². The van der Waals surface area contributed by atoms with Crippen LogP contribution in [0.3, 0.4) is 0 Å². The molecule has 0 spiro atoms. The molecule has 23 heavy (non-hydrogen) atoms. The Hall–Kier alpha value is -1.88. The third-order valence-electron chi connectivity index (χ3n) is 3.74. The Morgan fingerprint density at radius 1 is 0.913 bits per heavy atom. The summed E-state index contributed by atoms with van der Waals surface area (Å²) in [5.74, 6) is 0. The van der Waals surface area contributed by atoms with Gasteiger partial charge in [-0.3, -0.25) is 0 Å². The Morgan fingerprint density at radius 3 is 2.30 bits per heavy atom. The minimum Gasteiger partial charge on any atom is -0.207 e. The number of hydrogen-bond acceptors (Lipinski definition) is 2. The fraction of sp³-hybridized carbons (Fsp3) is 0.111. The Morgan fingerprint density at radius 2 is 1.57 bits per heavy atom. The Balaban J connectivity index is 1.96. The van der Waals surface area contributed by atoms with E-state index in [2.05, 4.69) is 4.72 Å². The van der Waals surface area contributed by atoms with E-state index in [1.165, 1.54) is 0 Å². The van der Waals surface area contributed by atoms with Crippen LogP contribution >= 0.6 is 11.6 Å². The molecule has 5 heteroatoms. The predicted octanol–water partition coefficient (Wildman–Crippen LogP) is 4.53. The molecule has 0 fully saturated rings. The zero-order valence-corrected chi connectivity index (χ0v) is 14.1. The van der Waals surface area contributed by atoms with Crippen LogP contribution in [0.25, 0.3) is 10.8 Å². The van der Waals surface area contributed by atoms with Crippen molar-refractivity contribution in [3.63, 3.8) is 0 Å². The number of rotatable bonds is 4. The van der Waals surface area contributed by atoms with Gasteiger partial charge in [-0.2, -0.15) is 0 Å². The van der Waals surface area contributed by atoms with Gasteiger partial charge in [-0.05, 0) is 36.1 Å². The lowest BCUT2D eigenvalue weighted by Gasteiger charge is -2.16. The summed E-state index contributed by atoms with van der Waals surface area (Å²) in [6.45, 7) is 1.81. The van der Waals surface area contributed by atoms with Crippen LogP contribution in [0.5, 0.6) is 0 Å². The maximum absolute atomic E-state index is 12.8. The van der Waals surface area contributed by atoms with Gasteiger partial charge in [0.25, 0.3) is 0 Å². The first-order valence-corrected chi connectivity index (χ1v) is 9.09. The number of hydrogen-bond donors (Lipinski definition) is 1. The first-order chi connectivity index (χ1) is 11.0. The van der Waals surface area contributed by atoms with Crippen LogP contribution in [-0.4, -0.2) is 8.42 Å². The van der Waals surface area contributed by atoms with E-state index in [1.807, 2.05) is 49.4 Å². The molecular formula is C18H16ClNO2S. The second-order valence-corrected chi connectivity index (χ2v) is 7.49. The van der Waals surface area contributed by atoms with Crippen molar-refractivity contribution in [3.05, 3.63) is 77.3 Å². The number of benzene rings is 3. The summed E-state index contributed by atoms with van der Waals surface area (Å²) >= 11 is 5.87. The van der Waals surface area contributed by atoms with Crippen LogP contribution in [0, 0.1) is 0 Å². The number of halogens is 1. The maximum Gasteiger partial charge on any atom is 0.241 e. The summed E-state index contributed by atoms with van der Waals surface area (Å²) in [6, 6.07) is 19.5. The minimum absolute atomic E-state index is 0.288. The predicted molar refractivity (Wildman–Crippen MR) is 94.1 cm³/mol. The smallest absolute Gasteiger partial charge is 0.207 e. The van der Waals surface area contributed by atoms with E-state index in [-0.39, 0.29) is 10.9 Å². The molecule has 1 atom stereocenters. The number of sulfonamides is 1. The van der Waals surface area contributed by atoms with E-state index in [4.69, 9.17) is 11.6 Å². The van der Waals surface area contributed by atoms with Gasteiger partial charge in [-0.1, -0.05) is 60.1 Å². The van der Waals surface area contributed by atoms with Crippen molar-refractivity contribution >= 4 is 32.4 Å². The summed E-state index contributed by atoms with van der Waals surface area (Å²) in [5, 5.41) is 2.23. The maximum atomic E-state index is 12.8. The number of nitrogens with one attached hydrogen (secondary N) is 1. The molecule has 3 aromatic rings. The fourth-order valence-corrected chi connectivity index (χ4v) is 4.13. The molecule has 0 aromatic heterocycles. The molecule has 3 rings (SSSR count). The molecule has 1 unspecified atom stereocenters. The molecule has 1 N–H and O–H groups in total. The van der Waals surface area contributed by atoms with Gasteiger partial charge in [0.05, 0.1) is 4.90 Å². The highest BCUT2D eigenvalue weighted by Crippen LogP contribution is 2.25. The molecule has 118 valence electrons. The molecule has 0 radical (unpaired) electrons. The van der Waals surface area contributed by atoms with Crippen molar-refractivity contribution in [1.82, 2.24) is 4.72 Å². The van der Waals surface area contributed by atoms with Gasteiger partial charge < -0.3 is 0 Å². The van der Waals surface area contributed by atoms with Crippen molar-refractivity contribution in [2.75, 3.05) is 0 Å². The molecule has 0 saturated carbocycles. The van der Waals surface area contributed by atoms with E-state index in [9.17, 15) is 8.42 Å². The van der Waals surface area contributed by atoms with Crippen LogP contribution < -0.4 is 4.72 Å². The standard InChI is InChI=1S/C18H16ClNO2S/c1-13(14-9-11-16(19)12-10-14)20-23(21,22)18-8-4-6-15-5-2-3-7-17(15)18/h2-13,20H,1H3. The fourth-order valence-electron chi connectivity index (χ4n) is 2.55. The summed E-state index contributed by atoms with van der Waals surface area (Å²) in [4.78, 5) is 0.288. The lowest BCUT2D eigenvalue weighted by atomic mass is 10.1. The van der Waals surface area contributed by atoms with Crippen LogP contribution in [0.15, 0.2) is 71.6 Å². The topological polar surface area (TPSA) is 46.2 Å². The molecule has 0 saturated heterocycles.